The molecule has 0 radical (unpaired) electrons. The average Bonchev–Trinajstić information content (AvgIpc) is 3.43. The molecule has 5 rings (SSSR count). The summed E-state index contributed by atoms with van der Waals surface area (Å²) >= 11 is 1.38. The molecule has 0 atom stereocenters. The molecular formula is C32H39N9OS. The first-order valence-corrected chi connectivity index (χ1v) is 15.9. The molecular weight excluding hydrogens is 558 g/mol. The second kappa shape index (κ2) is 14.2. The van der Waals surface area contributed by atoms with Crippen LogP contribution in [0.25, 0.3) is 20.9 Å². The lowest BCUT2D eigenvalue weighted by molar-refractivity contribution is 0.477. The second-order valence-corrected chi connectivity index (χ2v) is 11.2. The van der Waals surface area contributed by atoms with E-state index in [1.54, 1.807) is 6.07 Å². The van der Waals surface area contributed by atoms with Gasteiger partial charge in [-0.05, 0) is 67.5 Å². The van der Waals surface area contributed by atoms with E-state index < -0.39 is 0 Å². The molecule has 10 nitrogen and oxygen atoms in total. The highest BCUT2D eigenvalue weighted by atomic mass is 32.1. The van der Waals surface area contributed by atoms with Crippen molar-refractivity contribution in [2.75, 3.05) is 41.3 Å². The molecule has 2 aromatic heterocycles. The fourth-order valence-corrected chi connectivity index (χ4v) is 5.82. The summed E-state index contributed by atoms with van der Waals surface area (Å²) in [5.41, 5.74) is 1.18. The number of benzene rings is 3. The number of phenolic OH excluding ortho intramolecular Hbond substituents is 1. The lowest BCUT2D eigenvalue weighted by Gasteiger charge is -2.26. The van der Waals surface area contributed by atoms with E-state index in [0.717, 1.165) is 78.4 Å². The zero-order chi connectivity index (χ0) is 30.2. The molecule has 0 aliphatic rings. The Kier molecular flexibility index (Phi) is 9.93. The summed E-state index contributed by atoms with van der Waals surface area (Å²) in [6.07, 6.45) is 3.99. The minimum atomic E-state index is 0.0437. The third-order valence-corrected chi connectivity index (χ3v) is 7.83. The number of aromatic hydroxyl groups is 1. The number of nitrogens with one attached hydrogen (secondary N) is 1. The molecule has 11 heteroatoms. The van der Waals surface area contributed by atoms with E-state index in [-0.39, 0.29) is 5.75 Å². The van der Waals surface area contributed by atoms with Crippen molar-refractivity contribution in [3.05, 3.63) is 54.6 Å². The molecule has 5 aromatic rings. The number of hydrogen-bond acceptors (Lipinski definition) is 11. The van der Waals surface area contributed by atoms with E-state index in [2.05, 4.69) is 57.4 Å². The SMILES string of the molecule is CCCN(CCC)c1nc(Nc2cccc3c(N=Nc4nsc5ccccc45)c(O)ccc23)nc(N(CCC)CCC)n1. The van der Waals surface area contributed by atoms with Gasteiger partial charge in [-0.15, -0.1) is 10.2 Å². The molecule has 0 aliphatic carbocycles. The van der Waals surface area contributed by atoms with Gasteiger partial charge >= 0.3 is 0 Å². The van der Waals surface area contributed by atoms with Crippen molar-refractivity contribution in [3.8, 4) is 5.75 Å². The first-order valence-electron chi connectivity index (χ1n) is 15.1. The van der Waals surface area contributed by atoms with E-state index >= 15 is 0 Å². The third kappa shape index (κ3) is 6.83. The van der Waals surface area contributed by atoms with Gasteiger partial charge in [0, 0.05) is 48.0 Å². The Balaban J connectivity index is 1.55. The van der Waals surface area contributed by atoms with E-state index in [0.29, 0.717) is 29.4 Å². The molecule has 0 saturated heterocycles. The quantitative estimate of drug-likeness (QED) is 0.122. The summed E-state index contributed by atoms with van der Waals surface area (Å²) < 4.78 is 5.48. The monoisotopic (exact) mass is 597 g/mol. The van der Waals surface area contributed by atoms with Crippen LogP contribution in [0.4, 0.5) is 35.0 Å². The number of fused-ring (bicyclic) bond motifs is 2. The van der Waals surface area contributed by atoms with Crippen molar-refractivity contribution >= 4 is 67.4 Å². The maximum Gasteiger partial charge on any atom is 0.233 e. The smallest absolute Gasteiger partial charge is 0.233 e. The van der Waals surface area contributed by atoms with Crippen LogP contribution in [0.3, 0.4) is 0 Å². The number of aromatic nitrogens is 4. The van der Waals surface area contributed by atoms with Crippen LogP contribution in [-0.2, 0) is 0 Å². The van der Waals surface area contributed by atoms with Gasteiger partial charge in [0.05, 0.1) is 4.70 Å². The third-order valence-electron chi connectivity index (χ3n) is 7.01. The number of phenols is 1. The molecule has 224 valence electrons. The summed E-state index contributed by atoms with van der Waals surface area (Å²) in [6.45, 7) is 12.2. The van der Waals surface area contributed by atoms with E-state index in [9.17, 15) is 5.11 Å². The Morgan fingerprint density at radius 3 is 1.98 bits per heavy atom. The van der Waals surface area contributed by atoms with Crippen molar-refractivity contribution in [2.24, 2.45) is 10.2 Å². The summed E-state index contributed by atoms with van der Waals surface area (Å²) in [4.78, 5) is 19.2. The van der Waals surface area contributed by atoms with Gasteiger partial charge in [-0.3, -0.25) is 0 Å². The van der Waals surface area contributed by atoms with Crippen LogP contribution in [0.15, 0.2) is 64.8 Å². The first-order chi connectivity index (χ1) is 21.1. The van der Waals surface area contributed by atoms with Crippen LogP contribution < -0.4 is 15.1 Å². The Hall–Kier alpha value is -4.38. The molecule has 0 unspecified atom stereocenters. The standard InChI is InChI=1S/C32H39N9OS/c1-5-18-40(19-6-2)31-34-30(35-32(36-31)41(20-7-3)21-8-4)33-25-14-11-13-23-22(25)16-17-26(42)28(23)37-38-29-24-12-9-10-15-27(24)43-39-29/h9-17,42H,5-8,18-21H2,1-4H3,(H,33,34,35,36). The van der Waals surface area contributed by atoms with Gasteiger partial charge in [0.25, 0.3) is 0 Å². The minimum Gasteiger partial charge on any atom is -0.506 e. The number of anilines is 4. The summed E-state index contributed by atoms with van der Waals surface area (Å²) in [7, 11) is 0. The lowest BCUT2D eigenvalue weighted by atomic mass is 10.1. The molecule has 0 amide bonds. The fourth-order valence-electron chi connectivity index (χ4n) is 5.10. The number of hydrogen-bond donors (Lipinski definition) is 2. The van der Waals surface area contributed by atoms with Crippen LogP contribution in [0, 0.1) is 0 Å². The van der Waals surface area contributed by atoms with Crippen LogP contribution >= 0.6 is 11.5 Å². The van der Waals surface area contributed by atoms with Gasteiger partial charge in [0.2, 0.25) is 17.8 Å². The summed E-state index contributed by atoms with van der Waals surface area (Å²) in [5, 5.41) is 25.7. The highest BCUT2D eigenvalue weighted by Crippen LogP contribution is 2.40. The Labute approximate surface area is 256 Å². The molecule has 0 bridgehead atoms. The van der Waals surface area contributed by atoms with Gasteiger partial charge < -0.3 is 20.2 Å². The van der Waals surface area contributed by atoms with Crippen molar-refractivity contribution < 1.29 is 5.11 Å². The van der Waals surface area contributed by atoms with Gasteiger partial charge in [0.15, 0.2) is 5.82 Å². The molecule has 0 saturated carbocycles. The van der Waals surface area contributed by atoms with Crippen molar-refractivity contribution in [1.29, 1.82) is 0 Å². The van der Waals surface area contributed by atoms with E-state index in [4.69, 9.17) is 15.0 Å². The van der Waals surface area contributed by atoms with Crippen molar-refractivity contribution in [2.45, 2.75) is 53.4 Å². The average molecular weight is 598 g/mol. The van der Waals surface area contributed by atoms with Crippen molar-refractivity contribution in [3.63, 3.8) is 0 Å². The molecule has 0 spiro atoms. The number of rotatable bonds is 14. The molecule has 2 N–H and O–H groups in total. The lowest BCUT2D eigenvalue weighted by Crippen LogP contribution is -2.31. The normalized spacial score (nSPS) is 11.5. The largest absolute Gasteiger partial charge is 0.506 e. The first kappa shape index (κ1) is 30.1. The maximum atomic E-state index is 10.8. The number of azo groups is 1. The van der Waals surface area contributed by atoms with E-state index in [1.165, 1.54) is 11.5 Å². The van der Waals surface area contributed by atoms with E-state index in [1.807, 2.05) is 48.5 Å². The maximum absolute atomic E-state index is 10.8. The predicted molar refractivity (Wildman–Crippen MR) is 178 cm³/mol. The molecule has 43 heavy (non-hydrogen) atoms. The topological polar surface area (TPSA) is 115 Å². The summed E-state index contributed by atoms with van der Waals surface area (Å²) in [6, 6.07) is 17.2. The van der Waals surface area contributed by atoms with Gasteiger partial charge in [-0.25, -0.2) is 0 Å². The van der Waals surface area contributed by atoms with Gasteiger partial charge in [0.1, 0.15) is 11.4 Å². The molecule has 3 aromatic carbocycles. The van der Waals surface area contributed by atoms with Gasteiger partial charge in [-0.2, -0.15) is 19.3 Å². The predicted octanol–water partition coefficient (Wildman–Crippen LogP) is 8.75. The zero-order valence-electron chi connectivity index (χ0n) is 25.3. The fraction of sp³-hybridized carbons (Fsp3) is 0.375. The number of nitrogens with zero attached hydrogens (tertiary/aromatic N) is 8. The Bertz CT molecular complexity index is 1660. The zero-order valence-corrected chi connectivity index (χ0v) is 26.1. The Morgan fingerprint density at radius 2 is 1.33 bits per heavy atom. The van der Waals surface area contributed by atoms with Crippen LogP contribution in [0.1, 0.15) is 53.4 Å². The highest BCUT2D eigenvalue weighted by Gasteiger charge is 2.18. The van der Waals surface area contributed by atoms with Gasteiger partial charge in [-0.1, -0.05) is 52.0 Å². The molecule has 0 aliphatic heterocycles. The van der Waals surface area contributed by atoms with Crippen LogP contribution in [0.2, 0.25) is 0 Å². The second-order valence-electron chi connectivity index (χ2n) is 10.4. The van der Waals surface area contributed by atoms with Crippen LogP contribution in [0.5, 0.6) is 5.75 Å². The van der Waals surface area contributed by atoms with Crippen LogP contribution in [-0.4, -0.2) is 50.6 Å². The molecule has 0 fully saturated rings. The highest BCUT2D eigenvalue weighted by molar-refractivity contribution is 7.13. The minimum absolute atomic E-state index is 0.0437. The summed E-state index contributed by atoms with van der Waals surface area (Å²) in [5.74, 6) is 2.41. The Morgan fingerprint density at radius 1 is 0.698 bits per heavy atom. The van der Waals surface area contributed by atoms with Crippen molar-refractivity contribution in [1.82, 2.24) is 19.3 Å². The molecule has 2 heterocycles.